The molecule has 0 aliphatic carbocycles. The van der Waals surface area contributed by atoms with Gasteiger partial charge >= 0.3 is 6.18 Å². The average molecular weight is 465 g/mol. The number of hydrogen-bond donors (Lipinski definition) is 1. The van der Waals surface area contributed by atoms with E-state index in [0.717, 1.165) is 24.3 Å². The van der Waals surface area contributed by atoms with E-state index in [2.05, 4.69) is 4.98 Å². The van der Waals surface area contributed by atoms with Crippen molar-refractivity contribution in [2.24, 2.45) is 7.05 Å². The van der Waals surface area contributed by atoms with Crippen molar-refractivity contribution in [2.75, 3.05) is 5.73 Å². The Balaban J connectivity index is 2.20. The van der Waals surface area contributed by atoms with Gasteiger partial charge in [-0.3, -0.25) is 14.2 Å². The summed E-state index contributed by atoms with van der Waals surface area (Å²) in [7, 11) is 1.46. The van der Waals surface area contributed by atoms with Crippen molar-refractivity contribution in [1.29, 1.82) is 0 Å². The molecule has 1 aromatic carbocycles. The van der Waals surface area contributed by atoms with Crippen molar-refractivity contribution in [3.05, 3.63) is 85.9 Å². The van der Waals surface area contributed by atoms with Gasteiger partial charge in [0, 0.05) is 35.3 Å². The number of aromatic nitrogens is 3. The number of anilines is 1. The molecule has 4 aromatic rings. The molecule has 3 heterocycles. The molecule has 0 fully saturated rings. The van der Waals surface area contributed by atoms with Crippen LogP contribution < -0.4 is 16.9 Å². The molecular formula is C21H13ClF4N4O2. The highest BCUT2D eigenvalue weighted by molar-refractivity contribution is 6.30. The Labute approximate surface area is 182 Å². The minimum Gasteiger partial charge on any atom is -0.397 e. The topological polar surface area (TPSA) is 82.9 Å². The summed E-state index contributed by atoms with van der Waals surface area (Å²) in [6.45, 7) is 0. The minimum atomic E-state index is -4.81. The number of fused-ring (bicyclic) bond motifs is 1. The van der Waals surface area contributed by atoms with Crippen LogP contribution in [0, 0.1) is 5.82 Å². The minimum absolute atomic E-state index is 0.00389. The summed E-state index contributed by atoms with van der Waals surface area (Å²) < 4.78 is 56.6. The first-order valence-electron chi connectivity index (χ1n) is 9.04. The summed E-state index contributed by atoms with van der Waals surface area (Å²) >= 11 is 5.79. The van der Waals surface area contributed by atoms with Crippen LogP contribution in [0.1, 0.15) is 5.69 Å². The van der Waals surface area contributed by atoms with Crippen LogP contribution in [0.3, 0.4) is 0 Å². The van der Waals surface area contributed by atoms with Gasteiger partial charge < -0.3 is 10.3 Å². The molecule has 11 heteroatoms. The maximum absolute atomic E-state index is 14.8. The number of hydrogen-bond acceptors (Lipinski definition) is 4. The molecule has 0 spiro atoms. The molecule has 0 saturated carbocycles. The van der Waals surface area contributed by atoms with E-state index in [-0.39, 0.29) is 38.5 Å². The van der Waals surface area contributed by atoms with E-state index in [1.54, 1.807) is 0 Å². The molecule has 2 N–H and O–H groups in total. The molecule has 0 aliphatic rings. The summed E-state index contributed by atoms with van der Waals surface area (Å²) in [4.78, 5) is 28.8. The second-order valence-corrected chi connectivity index (χ2v) is 7.39. The van der Waals surface area contributed by atoms with Gasteiger partial charge in [0.05, 0.1) is 16.9 Å². The van der Waals surface area contributed by atoms with Gasteiger partial charge in [-0.25, -0.2) is 9.37 Å². The number of alkyl halides is 3. The van der Waals surface area contributed by atoms with Gasteiger partial charge in [0.15, 0.2) is 0 Å². The number of nitrogen functional groups attached to an aromatic ring is 1. The molecule has 0 radical (unpaired) electrons. The first kappa shape index (κ1) is 21.6. The monoisotopic (exact) mass is 464 g/mol. The van der Waals surface area contributed by atoms with Crippen LogP contribution in [0.25, 0.3) is 27.8 Å². The van der Waals surface area contributed by atoms with E-state index >= 15 is 0 Å². The second kappa shape index (κ2) is 7.49. The molecular weight excluding hydrogens is 452 g/mol. The maximum Gasteiger partial charge on any atom is 0.433 e. The summed E-state index contributed by atoms with van der Waals surface area (Å²) in [6, 6.07) is 7.70. The number of aryl methyl sites for hydroxylation is 1. The third-order valence-electron chi connectivity index (χ3n) is 4.88. The Bertz CT molecular complexity index is 1510. The molecule has 6 nitrogen and oxygen atoms in total. The smallest absolute Gasteiger partial charge is 0.397 e. The Morgan fingerprint density at radius 3 is 2.41 bits per heavy atom. The SMILES string of the molecule is Cn1cc(-c2c(N)c3ccc(C(F)(F)F)nc3n(-c3ccc(Cl)cc3F)c2=O)ccc1=O. The van der Waals surface area contributed by atoms with Crippen LogP contribution in [0.5, 0.6) is 0 Å². The van der Waals surface area contributed by atoms with Crippen LogP contribution in [-0.2, 0) is 13.2 Å². The highest BCUT2D eigenvalue weighted by Gasteiger charge is 2.33. The maximum atomic E-state index is 14.8. The Morgan fingerprint density at radius 2 is 1.78 bits per heavy atom. The van der Waals surface area contributed by atoms with E-state index in [1.807, 2.05) is 0 Å². The lowest BCUT2D eigenvalue weighted by atomic mass is 10.0. The van der Waals surface area contributed by atoms with E-state index in [9.17, 15) is 27.2 Å². The number of nitrogens with two attached hydrogens (primary N) is 1. The van der Waals surface area contributed by atoms with Crippen LogP contribution in [0.15, 0.2) is 58.3 Å². The molecule has 0 saturated heterocycles. The summed E-state index contributed by atoms with van der Waals surface area (Å²) in [6.07, 6.45) is -3.46. The normalized spacial score (nSPS) is 11.8. The van der Waals surface area contributed by atoms with E-state index < -0.39 is 28.9 Å². The van der Waals surface area contributed by atoms with Crippen molar-refractivity contribution in [3.63, 3.8) is 0 Å². The van der Waals surface area contributed by atoms with Crippen molar-refractivity contribution in [2.45, 2.75) is 6.18 Å². The van der Waals surface area contributed by atoms with Gasteiger partial charge in [-0.15, -0.1) is 0 Å². The zero-order chi connectivity index (χ0) is 23.4. The fraction of sp³-hybridized carbons (Fsp3) is 0.0952. The van der Waals surface area contributed by atoms with Crippen molar-refractivity contribution in [3.8, 4) is 16.8 Å². The molecule has 4 rings (SSSR count). The quantitative estimate of drug-likeness (QED) is 0.452. The van der Waals surface area contributed by atoms with Crippen LogP contribution in [0.2, 0.25) is 5.02 Å². The largest absolute Gasteiger partial charge is 0.433 e. The lowest BCUT2D eigenvalue weighted by molar-refractivity contribution is -0.141. The Hall–Kier alpha value is -3.66. The predicted molar refractivity (Wildman–Crippen MR) is 112 cm³/mol. The van der Waals surface area contributed by atoms with Crippen LogP contribution >= 0.6 is 11.6 Å². The second-order valence-electron chi connectivity index (χ2n) is 6.96. The fourth-order valence-electron chi connectivity index (χ4n) is 3.35. The number of nitrogens with zero attached hydrogens (tertiary/aromatic N) is 3. The van der Waals surface area contributed by atoms with Crippen molar-refractivity contribution in [1.82, 2.24) is 14.1 Å². The number of halogens is 5. The zero-order valence-electron chi connectivity index (χ0n) is 16.2. The summed E-state index contributed by atoms with van der Waals surface area (Å²) in [5.41, 5.74) is 2.74. The number of rotatable bonds is 2. The summed E-state index contributed by atoms with van der Waals surface area (Å²) in [5, 5.41) is 0.0251. The van der Waals surface area contributed by atoms with Crippen LogP contribution in [0.4, 0.5) is 23.2 Å². The van der Waals surface area contributed by atoms with Gasteiger partial charge in [-0.1, -0.05) is 11.6 Å². The first-order chi connectivity index (χ1) is 15.0. The molecule has 0 amide bonds. The van der Waals surface area contributed by atoms with E-state index in [4.69, 9.17) is 17.3 Å². The third-order valence-corrected chi connectivity index (χ3v) is 5.11. The fourth-order valence-corrected chi connectivity index (χ4v) is 3.51. The Kier molecular flexibility index (Phi) is 5.04. The number of pyridine rings is 3. The first-order valence-corrected chi connectivity index (χ1v) is 9.41. The number of benzene rings is 1. The standard InChI is InChI=1S/C21H13ClF4N4O2/c1-29-9-10(2-7-16(29)31)17-18(27)12-4-6-15(21(24,25)26)28-19(12)30(20(17)32)14-5-3-11(22)8-13(14)23/h2-9H,27H2,1H3. The van der Waals surface area contributed by atoms with Gasteiger partial charge in [0.1, 0.15) is 17.2 Å². The molecule has 164 valence electrons. The molecule has 0 bridgehead atoms. The van der Waals surface area contributed by atoms with Gasteiger partial charge in [0.2, 0.25) is 5.56 Å². The summed E-state index contributed by atoms with van der Waals surface area (Å²) in [5.74, 6) is -0.948. The lowest BCUT2D eigenvalue weighted by Crippen LogP contribution is -2.25. The predicted octanol–water partition coefficient (Wildman–Crippen LogP) is 4.14. The molecule has 0 atom stereocenters. The highest BCUT2D eigenvalue weighted by Crippen LogP contribution is 2.34. The molecule has 0 unspecified atom stereocenters. The highest BCUT2D eigenvalue weighted by atomic mass is 35.5. The van der Waals surface area contributed by atoms with Gasteiger partial charge in [-0.2, -0.15) is 13.2 Å². The molecule has 3 aromatic heterocycles. The van der Waals surface area contributed by atoms with Gasteiger partial charge in [-0.05, 0) is 36.4 Å². The van der Waals surface area contributed by atoms with E-state index in [1.165, 1.54) is 36.0 Å². The third kappa shape index (κ3) is 3.52. The Morgan fingerprint density at radius 1 is 1.06 bits per heavy atom. The molecule has 0 aliphatic heterocycles. The molecule has 32 heavy (non-hydrogen) atoms. The van der Waals surface area contributed by atoms with Gasteiger partial charge in [0.25, 0.3) is 5.56 Å². The zero-order valence-corrected chi connectivity index (χ0v) is 17.0. The van der Waals surface area contributed by atoms with Crippen molar-refractivity contribution >= 4 is 28.3 Å². The lowest BCUT2D eigenvalue weighted by Gasteiger charge is -2.17. The average Bonchev–Trinajstić information content (AvgIpc) is 2.71. The van der Waals surface area contributed by atoms with Crippen LogP contribution in [-0.4, -0.2) is 14.1 Å². The van der Waals surface area contributed by atoms with E-state index in [0.29, 0.717) is 4.57 Å². The van der Waals surface area contributed by atoms with Crippen molar-refractivity contribution < 1.29 is 17.6 Å².